The van der Waals surface area contributed by atoms with Gasteiger partial charge in [0.2, 0.25) is 0 Å². The fourth-order valence-corrected chi connectivity index (χ4v) is 2.53. The Balaban J connectivity index is 0.000000329. The quantitative estimate of drug-likeness (QED) is 0.669. The minimum absolute atomic E-state index is 1.24. The maximum atomic E-state index is 3.56. The molecule has 1 aromatic carbocycles. The standard InChI is InChI=1S/C13H15N.C3H8/c1-9-6-7-11-10-4-2-3-5-12(10)14-13(11)8-9;1-3-2/h6-8,14H,2-5H2,1H3;3H2,1-2H3. The van der Waals surface area contributed by atoms with Crippen LogP contribution in [0.25, 0.3) is 10.9 Å². The third kappa shape index (κ3) is 2.54. The monoisotopic (exact) mass is 229 g/mol. The highest BCUT2D eigenvalue weighted by atomic mass is 14.7. The average molecular weight is 229 g/mol. The number of nitrogens with one attached hydrogen (secondary N) is 1. The summed E-state index contributed by atoms with van der Waals surface area (Å²) in [6.07, 6.45) is 6.45. The molecular formula is C16H23N. The van der Waals surface area contributed by atoms with Gasteiger partial charge in [-0.1, -0.05) is 32.4 Å². The van der Waals surface area contributed by atoms with Gasteiger partial charge in [-0.2, -0.15) is 0 Å². The summed E-state index contributed by atoms with van der Waals surface area (Å²) >= 11 is 0. The fraction of sp³-hybridized carbons (Fsp3) is 0.500. The van der Waals surface area contributed by atoms with Crippen molar-refractivity contribution in [2.45, 2.75) is 52.9 Å². The van der Waals surface area contributed by atoms with E-state index in [0.717, 1.165) is 0 Å². The fourth-order valence-electron chi connectivity index (χ4n) is 2.53. The first-order valence-electron chi connectivity index (χ1n) is 6.86. The Morgan fingerprint density at radius 2 is 1.82 bits per heavy atom. The zero-order chi connectivity index (χ0) is 12.3. The van der Waals surface area contributed by atoms with Crippen LogP contribution in [0.5, 0.6) is 0 Å². The van der Waals surface area contributed by atoms with E-state index in [1.54, 1.807) is 5.56 Å². The molecule has 92 valence electrons. The van der Waals surface area contributed by atoms with Crippen LogP contribution in [0.3, 0.4) is 0 Å². The molecule has 17 heavy (non-hydrogen) atoms. The molecule has 0 radical (unpaired) electrons. The van der Waals surface area contributed by atoms with Gasteiger partial charge in [-0.25, -0.2) is 0 Å². The third-order valence-electron chi connectivity index (χ3n) is 3.25. The van der Waals surface area contributed by atoms with Gasteiger partial charge in [0.05, 0.1) is 0 Å². The molecule has 0 spiro atoms. The summed E-state index contributed by atoms with van der Waals surface area (Å²) in [7, 11) is 0. The number of aryl methyl sites for hydroxylation is 3. The zero-order valence-corrected chi connectivity index (χ0v) is 11.3. The Kier molecular flexibility index (Phi) is 3.88. The van der Waals surface area contributed by atoms with Gasteiger partial charge in [-0.15, -0.1) is 0 Å². The normalized spacial score (nSPS) is 14.1. The summed E-state index contributed by atoms with van der Waals surface area (Å²) in [6, 6.07) is 6.74. The van der Waals surface area contributed by atoms with Crippen LogP contribution >= 0.6 is 0 Å². The minimum Gasteiger partial charge on any atom is -0.358 e. The van der Waals surface area contributed by atoms with E-state index in [4.69, 9.17) is 0 Å². The highest BCUT2D eigenvalue weighted by Crippen LogP contribution is 2.29. The second-order valence-corrected chi connectivity index (χ2v) is 5.05. The van der Waals surface area contributed by atoms with Crippen LogP contribution in [0.2, 0.25) is 0 Å². The molecule has 2 aromatic rings. The van der Waals surface area contributed by atoms with Crippen LogP contribution in [-0.4, -0.2) is 4.98 Å². The number of fused-ring (bicyclic) bond motifs is 3. The van der Waals surface area contributed by atoms with E-state index in [0.29, 0.717) is 0 Å². The molecule has 0 fully saturated rings. The second-order valence-electron chi connectivity index (χ2n) is 5.05. The van der Waals surface area contributed by atoms with Crippen LogP contribution in [-0.2, 0) is 12.8 Å². The molecule has 0 saturated carbocycles. The molecular weight excluding hydrogens is 206 g/mol. The summed E-state index contributed by atoms with van der Waals surface area (Å²) in [6.45, 7) is 6.40. The summed E-state index contributed by atoms with van der Waals surface area (Å²) in [5, 5.41) is 1.45. The van der Waals surface area contributed by atoms with E-state index in [1.165, 1.54) is 54.3 Å². The molecule has 0 amide bonds. The SMILES string of the molecule is CCC.Cc1ccc2c3c([nH]c2c1)CCCC3. The topological polar surface area (TPSA) is 15.8 Å². The van der Waals surface area contributed by atoms with Gasteiger partial charge < -0.3 is 4.98 Å². The van der Waals surface area contributed by atoms with Crippen molar-refractivity contribution >= 4 is 10.9 Å². The number of aromatic amines is 1. The predicted molar refractivity (Wildman–Crippen MR) is 75.6 cm³/mol. The summed E-state index contributed by atoms with van der Waals surface area (Å²) < 4.78 is 0. The summed E-state index contributed by atoms with van der Waals surface area (Å²) in [5.41, 5.74) is 5.73. The Labute approximate surface area is 104 Å². The van der Waals surface area contributed by atoms with Crippen molar-refractivity contribution < 1.29 is 0 Å². The van der Waals surface area contributed by atoms with E-state index in [2.05, 4.69) is 44.0 Å². The van der Waals surface area contributed by atoms with E-state index < -0.39 is 0 Å². The van der Waals surface area contributed by atoms with Gasteiger partial charge in [0.1, 0.15) is 0 Å². The van der Waals surface area contributed by atoms with Gasteiger partial charge in [0, 0.05) is 16.6 Å². The minimum atomic E-state index is 1.24. The first kappa shape index (κ1) is 12.2. The third-order valence-corrected chi connectivity index (χ3v) is 3.25. The molecule has 1 aliphatic carbocycles. The molecule has 1 heteroatoms. The first-order valence-corrected chi connectivity index (χ1v) is 6.86. The lowest BCUT2D eigenvalue weighted by Crippen LogP contribution is -1.99. The molecule has 3 rings (SSSR count). The van der Waals surface area contributed by atoms with Crippen LogP contribution < -0.4 is 0 Å². The maximum absolute atomic E-state index is 3.56. The van der Waals surface area contributed by atoms with Crippen LogP contribution in [0, 0.1) is 6.92 Å². The number of rotatable bonds is 0. The van der Waals surface area contributed by atoms with Crippen molar-refractivity contribution in [1.29, 1.82) is 0 Å². The number of hydrogen-bond donors (Lipinski definition) is 1. The van der Waals surface area contributed by atoms with E-state index in [9.17, 15) is 0 Å². The first-order chi connectivity index (χ1) is 8.26. The van der Waals surface area contributed by atoms with E-state index in [1.807, 2.05) is 0 Å². The molecule has 1 aromatic heterocycles. The second kappa shape index (κ2) is 5.39. The average Bonchev–Trinajstić information content (AvgIpc) is 2.67. The van der Waals surface area contributed by atoms with Crippen molar-refractivity contribution in [2.24, 2.45) is 0 Å². The van der Waals surface area contributed by atoms with Crippen molar-refractivity contribution in [3.63, 3.8) is 0 Å². The molecule has 1 aliphatic rings. The predicted octanol–water partition coefficient (Wildman–Crippen LogP) is 4.77. The van der Waals surface area contributed by atoms with Crippen LogP contribution in [0.4, 0.5) is 0 Å². The molecule has 0 atom stereocenters. The van der Waals surface area contributed by atoms with Gasteiger partial charge in [-0.3, -0.25) is 0 Å². The van der Waals surface area contributed by atoms with Crippen LogP contribution in [0.15, 0.2) is 18.2 Å². The van der Waals surface area contributed by atoms with Crippen LogP contribution in [0.1, 0.15) is 49.9 Å². The molecule has 1 N–H and O–H groups in total. The van der Waals surface area contributed by atoms with Gasteiger partial charge in [0.15, 0.2) is 0 Å². The zero-order valence-electron chi connectivity index (χ0n) is 11.3. The van der Waals surface area contributed by atoms with Gasteiger partial charge >= 0.3 is 0 Å². The maximum Gasteiger partial charge on any atom is 0.0461 e. The Morgan fingerprint density at radius 1 is 1.12 bits per heavy atom. The smallest absolute Gasteiger partial charge is 0.0461 e. The number of H-pyrrole nitrogens is 1. The number of aromatic nitrogens is 1. The summed E-state index contributed by atoms with van der Waals surface area (Å²) in [5.74, 6) is 0. The molecule has 1 heterocycles. The Hall–Kier alpha value is -1.24. The lowest BCUT2D eigenvalue weighted by molar-refractivity contribution is 0.680. The van der Waals surface area contributed by atoms with Gasteiger partial charge in [-0.05, 0) is 49.8 Å². The highest BCUT2D eigenvalue weighted by molar-refractivity contribution is 5.85. The Bertz CT molecular complexity index is 493. The van der Waals surface area contributed by atoms with E-state index in [-0.39, 0.29) is 0 Å². The molecule has 1 nitrogen and oxygen atoms in total. The molecule has 0 aliphatic heterocycles. The Morgan fingerprint density at radius 3 is 2.59 bits per heavy atom. The summed E-state index contributed by atoms with van der Waals surface area (Å²) in [4.78, 5) is 3.56. The van der Waals surface area contributed by atoms with Crippen molar-refractivity contribution in [3.8, 4) is 0 Å². The molecule has 0 saturated heterocycles. The van der Waals surface area contributed by atoms with Crippen molar-refractivity contribution in [2.75, 3.05) is 0 Å². The van der Waals surface area contributed by atoms with Crippen molar-refractivity contribution in [3.05, 3.63) is 35.0 Å². The van der Waals surface area contributed by atoms with Crippen molar-refractivity contribution in [1.82, 2.24) is 4.98 Å². The largest absolute Gasteiger partial charge is 0.358 e. The molecule has 0 bridgehead atoms. The lowest BCUT2D eigenvalue weighted by atomic mass is 9.95. The highest BCUT2D eigenvalue weighted by Gasteiger charge is 2.14. The van der Waals surface area contributed by atoms with Gasteiger partial charge in [0.25, 0.3) is 0 Å². The molecule has 0 unspecified atom stereocenters. The number of benzene rings is 1. The lowest BCUT2D eigenvalue weighted by Gasteiger charge is -2.10. The van der Waals surface area contributed by atoms with E-state index >= 15 is 0 Å². The number of hydrogen-bond acceptors (Lipinski definition) is 0.